The molecule has 0 spiro atoms. The number of hydrogen-bond acceptors (Lipinski definition) is 4. The van der Waals surface area contributed by atoms with Crippen LogP contribution in [-0.4, -0.2) is 31.3 Å². The van der Waals surface area contributed by atoms with Crippen LogP contribution in [0.15, 0.2) is 0 Å². The molecule has 0 saturated heterocycles. The normalized spacial score (nSPS) is 15.4. The van der Waals surface area contributed by atoms with E-state index in [0.717, 1.165) is 32.1 Å². The molecule has 0 aliphatic heterocycles. The second kappa shape index (κ2) is 10.6. The van der Waals surface area contributed by atoms with Crippen LogP contribution in [0.4, 0.5) is 4.79 Å². The van der Waals surface area contributed by atoms with Gasteiger partial charge in [-0.3, -0.25) is 0 Å². The van der Waals surface area contributed by atoms with Gasteiger partial charge in [-0.05, 0) is 32.6 Å². The molecule has 1 fully saturated rings. The second-order valence-corrected chi connectivity index (χ2v) is 5.06. The summed E-state index contributed by atoms with van der Waals surface area (Å²) in [6, 6.07) is -0.680. The molecule has 0 aromatic rings. The van der Waals surface area contributed by atoms with E-state index in [1.54, 1.807) is 13.8 Å². The lowest BCUT2D eigenvalue weighted by molar-refractivity contribution is -0.146. The summed E-state index contributed by atoms with van der Waals surface area (Å²) >= 11 is 0. The number of rotatable bonds is 5. The Morgan fingerprint density at radius 2 is 1.64 bits per heavy atom. The topological polar surface area (TPSA) is 64.6 Å². The third-order valence-electron chi connectivity index (χ3n) is 3.56. The zero-order valence-electron chi connectivity index (χ0n) is 13.2. The Labute approximate surface area is 132 Å². The highest BCUT2D eigenvalue weighted by molar-refractivity contribution is 5.81. The first-order chi connectivity index (χ1) is 10.7. The van der Waals surface area contributed by atoms with Crippen LogP contribution in [0.3, 0.4) is 0 Å². The van der Waals surface area contributed by atoms with Crippen molar-refractivity contribution in [3.05, 3.63) is 0 Å². The minimum absolute atomic E-state index is 0.01000. The SMILES string of the molecule is CC#CCOC(=O)NC(C(=O)OCC#CC)C1CCCCC1. The maximum Gasteiger partial charge on any atom is 0.408 e. The highest BCUT2D eigenvalue weighted by Gasteiger charge is 2.32. The third-order valence-corrected chi connectivity index (χ3v) is 3.56. The highest BCUT2D eigenvalue weighted by Crippen LogP contribution is 2.27. The number of amides is 1. The summed E-state index contributed by atoms with van der Waals surface area (Å²) in [4.78, 5) is 24.0. The van der Waals surface area contributed by atoms with E-state index in [2.05, 4.69) is 29.0 Å². The van der Waals surface area contributed by atoms with Gasteiger partial charge >= 0.3 is 12.1 Å². The van der Waals surface area contributed by atoms with Gasteiger partial charge in [-0.1, -0.05) is 31.1 Å². The minimum atomic E-state index is -0.680. The lowest BCUT2D eigenvalue weighted by Crippen LogP contribution is -2.47. The number of hydrogen-bond donors (Lipinski definition) is 1. The van der Waals surface area contributed by atoms with Gasteiger partial charge in [-0.2, -0.15) is 0 Å². The fourth-order valence-corrected chi connectivity index (χ4v) is 2.45. The van der Waals surface area contributed by atoms with Gasteiger partial charge in [0.25, 0.3) is 0 Å². The van der Waals surface area contributed by atoms with E-state index >= 15 is 0 Å². The molecule has 1 atom stereocenters. The molecular weight excluding hydrogens is 282 g/mol. The largest absolute Gasteiger partial charge is 0.451 e. The minimum Gasteiger partial charge on any atom is -0.451 e. The average molecular weight is 305 g/mol. The van der Waals surface area contributed by atoms with Crippen LogP contribution < -0.4 is 5.32 Å². The van der Waals surface area contributed by atoms with E-state index in [1.807, 2.05) is 0 Å². The van der Waals surface area contributed by atoms with Crippen molar-refractivity contribution in [1.29, 1.82) is 0 Å². The molecular formula is C17H23NO4. The summed E-state index contributed by atoms with van der Waals surface area (Å²) < 4.78 is 10.0. The Kier molecular flexibility index (Phi) is 8.60. The lowest BCUT2D eigenvalue weighted by Gasteiger charge is -2.28. The predicted molar refractivity (Wildman–Crippen MR) is 82.7 cm³/mol. The van der Waals surface area contributed by atoms with Gasteiger partial charge in [0.05, 0.1) is 0 Å². The van der Waals surface area contributed by atoms with Gasteiger partial charge < -0.3 is 14.8 Å². The van der Waals surface area contributed by atoms with Crippen molar-refractivity contribution in [3.63, 3.8) is 0 Å². The fraction of sp³-hybridized carbons (Fsp3) is 0.647. The summed E-state index contributed by atoms with van der Waals surface area (Å²) in [5.41, 5.74) is 0. The molecule has 1 rings (SSSR count). The van der Waals surface area contributed by atoms with Crippen molar-refractivity contribution in [1.82, 2.24) is 5.32 Å². The maximum absolute atomic E-state index is 12.2. The van der Waals surface area contributed by atoms with E-state index in [4.69, 9.17) is 9.47 Å². The Balaban J connectivity index is 2.62. The van der Waals surface area contributed by atoms with Crippen LogP contribution in [0.1, 0.15) is 46.0 Å². The Hall–Kier alpha value is -2.14. The highest BCUT2D eigenvalue weighted by atomic mass is 16.6. The van der Waals surface area contributed by atoms with Crippen molar-refractivity contribution >= 4 is 12.1 Å². The zero-order chi connectivity index (χ0) is 16.2. The van der Waals surface area contributed by atoms with Gasteiger partial charge in [0.2, 0.25) is 0 Å². The van der Waals surface area contributed by atoms with Crippen molar-refractivity contribution in [2.75, 3.05) is 13.2 Å². The molecule has 5 heteroatoms. The molecule has 1 amide bonds. The fourth-order valence-electron chi connectivity index (χ4n) is 2.45. The van der Waals surface area contributed by atoms with Crippen LogP contribution in [0.2, 0.25) is 0 Å². The summed E-state index contributed by atoms with van der Waals surface area (Å²) in [6.45, 7) is 3.39. The molecule has 1 N–H and O–H groups in total. The number of alkyl carbamates (subject to hydrolysis) is 1. The quantitative estimate of drug-likeness (QED) is 0.625. The van der Waals surface area contributed by atoms with Gasteiger partial charge in [0, 0.05) is 0 Å². The van der Waals surface area contributed by atoms with Crippen molar-refractivity contribution in [2.45, 2.75) is 52.0 Å². The van der Waals surface area contributed by atoms with Crippen LogP contribution in [0, 0.1) is 29.6 Å². The Bertz CT molecular complexity index is 486. The summed E-state index contributed by atoms with van der Waals surface area (Å²) in [5.74, 6) is 10.2. The van der Waals surface area contributed by atoms with Gasteiger partial charge in [0.15, 0.2) is 13.2 Å². The lowest BCUT2D eigenvalue weighted by atomic mass is 9.84. The number of carbonyl (C=O) groups excluding carboxylic acids is 2. The first-order valence-corrected chi connectivity index (χ1v) is 7.58. The van der Waals surface area contributed by atoms with Crippen LogP contribution in [-0.2, 0) is 14.3 Å². The zero-order valence-corrected chi connectivity index (χ0v) is 13.2. The van der Waals surface area contributed by atoms with Crippen molar-refractivity contribution in [3.8, 4) is 23.7 Å². The standard InChI is InChI=1S/C17H23NO4/c1-3-5-12-21-16(19)15(14-10-8-7-9-11-14)18-17(20)22-13-6-4-2/h14-15H,7-13H2,1-2H3,(H,18,20). The molecule has 0 bridgehead atoms. The molecule has 0 aromatic heterocycles. The van der Waals surface area contributed by atoms with Crippen LogP contribution >= 0.6 is 0 Å². The van der Waals surface area contributed by atoms with Gasteiger partial charge in [0.1, 0.15) is 6.04 Å². The number of carbonyl (C=O) groups is 2. The molecule has 120 valence electrons. The van der Waals surface area contributed by atoms with Crippen molar-refractivity contribution in [2.24, 2.45) is 5.92 Å². The van der Waals surface area contributed by atoms with Crippen LogP contribution in [0.25, 0.3) is 0 Å². The van der Waals surface area contributed by atoms with Gasteiger partial charge in [-0.25, -0.2) is 9.59 Å². The molecule has 1 aliphatic carbocycles. The molecule has 0 aromatic carbocycles. The van der Waals surface area contributed by atoms with E-state index in [-0.39, 0.29) is 19.1 Å². The second-order valence-electron chi connectivity index (χ2n) is 5.06. The molecule has 0 radical (unpaired) electrons. The van der Waals surface area contributed by atoms with Crippen molar-refractivity contribution < 1.29 is 19.1 Å². The maximum atomic E-state index is 12.2. The summed E-state index contributed by atoms with van der Waals surface area (Å²) in [5, 5.41) is 2.62. The van der Waals surface area contributed by atoms with E-state index in [0.29, 0.717) is 0 Å². The molecule has 22 heavy (non-hydrogen) atoms. The summed E-state index contributed by atoms with van der Waals surface area (Å²) in [7, 11) is 0. The molecule has 0 heterocycles. The van der Waals surface area contributed by atoms with Gasteiger partial charge in [-0.15, -0.1) is 11.8 Å². The third kappa shape index (κ3) is 6.54. The molecule has 5 nitrogen and oxygen atoms in total. The van der Waals surface area contributed by atoms with E-state index in [9.17, 15) is 9.59 Å². The Morgan fingerprint density at radius 1 is 1.05 bits per heavy atom. The molecule has 1 unspecified atom stereocenters. The monoisotopic (exact) mass is 305 g/mol. The summed E-state index contributed by atoms with van der Waals surface area (Å²) in [6.07, 6.45) is 4.43. The molecule has 1 saturated carbocycles. The predicted octanol–water partition coefficient (Wildman–Crippen LogP) is 2.25. The number of ether oxygens (including phenoxy) is 2. The Morgan fingerprint density at radius 3 is 2.23 bits per heavy atom. The average Bonchev–Trinajstić information content (AvgIpc) is 2.54. The first kappa shape index (κ1) is 17.9. The first-order valence-electron chi connectivity index (χ1n) is 7.58. The number of esters is 1. The van der Waals surface area contributed by atoms with E-state index in [1.165, 1.54) is 0 Å². The number of nitrogens with one attached hydrogen (secondary N) is 1. The van der Waals surface area contributed by atoms with E-state index < -0.39 is 18.1 Å². The van der Waals surface area contributed by atoms with Crippen LogP contribution in [0.5, 0.6) is 0 Å². The molecule has 1 aliphatic rings. The smallest absolute Gasteiger partial charge is 0.408 e.